The molecule has 1 aliphatic heterocycles. The van der Waals surface area contributed by atoms with E-state index >= 15 is 0 Å². The second kappa shape index (κ2) is 7.14. The first kappa shape index (κ1) is 18.3. The second-order valence-electron chi connectivity index (χ2n) is 6.60. The zero-order valence-corrected chi connectivity index (χ0v) is 14.6. The molecule has 9 heteroatoms. The van der Waals surface area contributed by atoms with Crippen LogP contribution in [0, 0.1) is 0 Å². The van der Waals surface area contributed by atoms with E-state index < -0.39 is 11.7 Å². The number of furan rings is 1. The number of amides is 1. The first-order valence-electron chi connectivity index (χ1n) is 8.74. The molecule has 0 bridgehead atoms. The summed E-state index contributed by atoms with van der Waals surface area (Å²) in [5.41, 5.74) is 0.174. The van der Waals surface area contributed by atoms with Crippen molar-refractivity contribution in [2.24, 2.45) is 0 Å². The summed E-state index contributed by atoms with van der Waals surface area (Å²) in [5, 5.41) is 8.10. The number of piperidine rings is 1. The van der Waals surface area contributed by atoms with E-state index in [2.05, 4.69) is 10.2 Å². The van der Waals surface area contributed by atoms with Gasteiger partial charge in [0.2, 0.25) is 5.89 Å². The fraction of sp³-hybridized carbons (Fsp3) is 0.316. The number of aromatic nitrogens is 2. The molecule has 1 aliphatic rings. The Hall–Kier alpha value is -3.10. The number of halogens is 3. The van der Waals surface area contributed by atoms with Gasteiger partial charge in [0.15, 0.2) is 0 Å². The Bertz CT molecular complexity index is 941. The molecular formula is C19H16F3N3O3. The molecule has 0 N–H and O–H groups in total. The molecule has 3 aromatic rings. The molecule has 28 heavy (non-hydrogen) atoms. The van der Waals surface area contributed by atoms with Crippen molar-refractivity contribution in [2.75, 3.05) is 13.1 Å². The Morgan fingerprint density at radius 1 is 1.07 bits per heavy atom. The first-order chi connectivity index (χ1) is 13.4. The summed E-state index contributed by atoms with van der Waals surface area (Å²) in [6, 6.07) is 6.01. The van der Waals surface area contributed by atoms with Crippen LogP contribution in [0.4, 0.5) is 13.2 Å². The molecule has 4 rings (SSSR count). The van der Waals surface area contributed by atoms with Gasteiger partial charge in [-0.15, -0.1) is 10.2 Å². The number of carbonyl (C=O) groups is 1. The van der Waals surface area contributed by atoms with Crippen LogP contribution in [-0.2, 0) is 6.18 Å². The van der Waals surface area contributed by atoms with Gasteiger partial charge in [0.05, 0.1) is 17.4 Å². The molecule has 0 saturated carbocycles. The Balaban J connectivity index is 1.38. The highest BCUT2D eigenvalue weighted by atomic mass is 19.4. The topological polar surface area (TPSA) is 72.4 Å². The highest BCUT2D eigenvalue weighted by Crippen LogP contribution is 2.31. The van der Waals surface area contributed by atoms with Crippen LogP contribution in [0.3, 0.4) is 0 Å². The van der Waals surface area contributed by atoms with E-state index in [1.807, 2.05) is 0 Å². The molecule has 1 fully saturated rings. The number of benzene rings is 1. The summed E-state index contributed by atoms with van der Waals surface area (Å²) in [6.45, 7) is 0.932. The fourth-order valence-electron chi connectivity index (χ4n) is 3.22. The maximum atomic E-state index is 12.7. The number of carbonyl (C=O) groups excluding carboxylic acids is 1. The Labute approximate surface area is 158 Å². The van der Waals surface area contributed by atoms with Crippen LogP contribution in [-0.4, -0.2) is 34.1 Å². The number of hydrogen-bond donors (Lipinski definition) is 0. The first-order valence-corrected chi connectivity index (χ1v) is 8.74. The van der Waals surface area contributed by atoms with Crippen molar-refractivity contribution in [1.29, 1.82) is 0 Å². The molecule has 2 aromatic heterocycles. The number of hydrogen-bond acceptors (Lipinski definition) is 5. The van der Waals surface area contributed by atoms with E-state index in [4.69, 9.17) is 8.83 Å². The summed E-state index contributed by atoms with van der Waals surface area (Å²) < 4.78 is 48.7. The van der Waals surface area contributed by atoms with E-state index in [9.17, 15) is 18.0 Å². The summed E-state index contributed by atoms with van der Waals surface area (Å²) in [6.07, 6.45) is -0.106. The van der Waals surface area contributed by atoms with Gasteiger partial charge in [-0.25, -0.2) is 0 Å². The average Bonchev–Trinajstić information content (AvgIpc) is 3.38. The Kier molecular flexibility index (Phi) is 4.66. The van der Waals surface area contributed by atoms with Gasteiger partial charge in [0.25, 0.3) is 11.8 Å². The number of nitrogens with zero attached hydrogens (tertiary/aromatic N) is 3. The number of rotatable bonds is 3. The predicted molar refractivity (Wildman–Crippen MR) is 91.3 cm³/mol. The minimum Gasteiger partial charge on any atom is -0.472 e. The van der Waals surface area contributed by atoms with Crippen molar-refractivity contribution >= 4 is 5.91 Å². The normalized spacial score (nSPS) is 15.8. The zero-order valence-electron chi connectivity index (χ0n) is 14.6. The summed E-state index contributed by atoms with van der Waals surface area (Å²) >= 11 is 0. The fourth-order valence-corrected chi connectivity index (χ4v) is 3.22. The molecular weight excluding hydrogens is 375 g/mol. The summed E-state index contributed by atoms with van der Waals surface area (Å²) in [4.78, 5) is 14.2. The van der Waals surface area contributed by atoms with Crippen molar-refractivity contribution in [3.63, 3.8) is 0 Å². The number of alkyl halides is 3. The van der Waals surface area contributed by atoms with Gasteiger partial charge in [-0.1, -0.05) is 0 Å². The molecule has 3 heterocycles. The van der Waals surface area contributed by atoms with Crippen LogP contribution >= 0.6 is 0 Å². The average molecular weight is 391 g/mol. The lowest BCUT2D eigenvalue weighted by atomic mass is 9.96. The molecule has 1 aromatic carbocycles. The van der Waals surface area contributed by atoms with Crippen molar-refractivity contribution in [3.05, 3.63) is 59.9 Å². The molecule has 0 atom stereocenters. The van der Waals surface area contributed by atoms with Gasteiger partial charge in [0, 0.05) is 24.6 Å². The van der Waals surface area contributed by atoms with E-state index in [1.54, 1.807) is 11.0 Å². The van der Waals surface area contributed by atoms with Crippen LogP contribution < -0.4 is 0 Å². The van der Waals surface area contributed by atoms with Crippen molar-refractivity contribution in [2.45, 2.75) is 24.9 Å². The van der Waals surface area contributed by atoms with Crippen molar-refractivity contribution < 1.29 is 26.8 Å². The highest BCUT2D eigenvalue weighted by Gasteiger charge is 2.31. The lowest BCUT2D eigenvalue weighted by molar-refractivity contribution is -0.137. The predicted octanol–water partition coefficient (Wildman–Crippen LogP) is 4.37. The van der Waals surface area contributed by atoms with Crippen LogP contribution in [0.15, 0.2) is 51.7 Å². The minimum absolute atomic E-state index is 0.0322. The lowest BCUT2D eigenvalue weighted by Crippen LogP contribution is -2.38. The van der Waals surface area contributed by atoms with Crippen LogP contribution in [0.1, 0.15) is 40.6 Å². The molecule has 1 amide bonds. The van der Waals surface area contributed by atoms with E-state index in [0.717, 1.165) is 12.1 Å². The van der Waals surface area contributed by atoms with Crippen molar-refractivity contribution in [3.8, 4) is 11.5 Å². The smallest absolute Gasteiger partial charge is 0.416 e. The maximum absolute atomic E-state index is 12.7. The summed E-state index contributed by atoms with van der Waals surface area (Å²) in [5.74, 6) is 0.645. The molecule has 0 radical (unpaired) electrons. The zero-order chi connectivity index (χ0) is 19.7. The van der Waals surface area contributed by atoms with Gasteiger partial charge < -0.3 is 13.7 Å². The third-order valence-electron chi connectivity index (χ3n) is 4.80. The summed E-state index contributed by atoms with van der Waals surface area (Å²) in [7, 11) is 0. The van der Waals surface area contributed by atoms with Crippen LogP contribution in [0.25, 0.3) is 11.5 Å². The SMILES string of the molecule is O=C(c1ccc(C(F)(F)F)cc1)N1CCC(c2nnc(-c3ccoc3)o2)CC1. The third kappa shape index (κ3) is 3.64. The number of likely N-dealkylation sites (tertiary alicyclic amines) is 1. The Morgan fingerprint density at radius 3 is 2.39 bits per heavy atom. The van der Waals surface area contributed by atoms with Gasteiger partial charge in [-0.3, -0.25) is 4.79 Å². The lowest BCUT2D eigenvalue weighted by Gasteiger charge is -2.30. The largest absolute Gasteiger partial charge is 0.472 e. The minimum atomic E-state index is -4.42. The van der Waals surface area contributed by atoms with Crippen molar-refractivity contribution in [1.82, 2.24) is 15.1 Å². The molecule has 1 saturated heterocycles. The van der Waals surface area contributed by atoms with Gasteiger partial charge in [0.1, 0.15) is 6.26 Å². The highest BCUT2D eigenvalue weighted by molar-refractivity contribution is 5.94. The van der Waals surface area contributed by atoms with Crippen LogP contribution in [0.2, 0.25) is 0 Å². The molecule has 146 valence electrons. The van der Waals surface area contributed by atoms with E-state index in [0.29, 0.717) is 43.3 Å². The second-order valence-corrected chi connectivity index (χ2v) is 6.60. The quantitative estimate of drug-likeness (QED) is 0.663. The van der Waals surface area contributed by atoms with Gasteiger partial charge in [-0.05, 0) is 43.2 Å². The molecule has 0 unspecified atom stereocenters. The van der Waals surface area contributed by atoms with E-state index in [1.165, 1.54) is 24.7 Å². The monoisotopic (exact) mass is 391 g/mol. The Morgan fingerprint density at radius 2 is 1.79 bits per heavy atom. The third-order valence-corrected chi connectivity index (χ3v) is 4.80. The van der Waals surface area contributed by atoms with Gasteiger partial charge >= 0.3 is 6.18 Å². The molecule has 0 spiro atoms. The maximum Gasteiger partial charge on any atom is 0.416 e. The molecule has 6 nitrogen and oxygen atoms in total. The molecule has 0 aliphatic carbocycles. The standard InChI is InChI=1S/C19H16F3N3O3/c20-19(21,22)15-3-1-13(2-4-15)18(26)25-8-5-12(6-9-25)16-23-24-17(28-16)14-7-10-27-11-14/h1-4,7,10-12H,5-6,8-9H2. The van der Waals surface area contributed by atoms with E-state index in [-0.39, 0.29) is 17.4 Å². The van der Waals surface area contributed by atoms with Crippen LogP contribution in [0.5, 0.6) is 0 Å². The van der Waals surface area contributed by atoms with Gasteiger partial charge in [-0.2, -0.15) is 13.2 Å².